The van der Waals surface area contributed by atoms with Crippen LogP contribution in [0.1, 0.15) is 30.1 Å². The topological polar surface area (TPSA) is 98.7 Å². The number of halogens is 1. The zero-order chi connectivity index (χ0) is 19.1. The van der Waals surface area contributed by atoms with Crippen molar-refractivity contribution in [2.24, 2.45) is 11.7 Å². The number of nitrogens with zero attached hydrogens (tertiary/aromatic N) is 2. The Hall–Kier alpha value is -3.16. The van der Waals surface area contributed by atoms with E-state index in [0.29, 0.717) is 23.3 Å². The maximum atomic E-state index is 14.5. The fraction of sp³-hybridized carbons (Fsp3) is 0.316. The molecule has 3 aromatic rings. The molecule has 7 nitrogen and oxygen atoms in total. The predicted octanol–water partition coefficient (Wildman–Crippen LogP) is 2.02. The summed E-state index contributed by atoms with van der Waals surface area (Å²) in [6.07, 6.45) is 4.50. The zero-order valence-electron chi connectivity index (χ0n) is 14.7. The lowest BCUT2D eigenvalue weighted by Gasteiger charge is -2.19. The molecule has 1 aliphatic rings. The van der Waals surface area contributed by atoms with E-state index >= 15 is 0 Å². The van der Waals surface area contributed by atoms with Crippen LogP contribution in [0.15, 0.2) is 30.6 Å². The predicted molar refractivity (Wildman–Crippen MR) is 97.0 cm³/mol. The standard InChI is InChI=1S/C19H19FN4O3/c1-2-10-7-16(25)23-14(10)9-27-15-4-3-13(20)11-8-12(18(21)26)19-22-5-6-24(19)17(11)15/h3-6,8,10,14H,2,7,9H2,1H3,(H2,21,26)(H,23,25)/t10-,14-/m1/s1. The number of carbonyl (C=O) groups is 2. The smallest absolute Gasteiger partial charge is 0.252 e. The highest BCUT2D eigenvalue weighted by molar-refractivity contribution is 6.03. The molecule has 0 aliphatic carbocycles. The third-order valence-electron chi connectivity index (χ3n) is 5.11. The fourth-order valence-electron chi connectivity index (χ4n) is 3.69. The molecule has 1 aromatic carbocycles. The third kappa shape index (κ3) is 2.87. The van der Waals surface area contributed by atoms with E-state index in [4.69, 9.17) is 10.5 Å². The van der Waals surface area contributed by atoms with Crippen molar-refractivity contribution in [3.8, 4) is 5.75 Å². The van der Waals surface area contributed by atoms with Crippen molar-refractivity contribution in [1.29, 1.82) is 0 Å². The second-order valence-corrected chi connectivity index (χ2v) is 6.71. The number of fused-ring (bicyclic) bond motifs is 3. The number of aromatic nitrogens is 2. The van der Waals surface area contributed by atoms with Crippen molar-refractivity contribution >= 4 is 28.4 Å². The van der Waals surface area contributed by atoms with Gasteiger partial charge in [-0.15, -0.1) is 0 Å². The minimum absolute atomic E-state index is 0.0162. The van der Waals surface area contributed by atoms with E-state index in [1.807, 2.05) is 6.92 Å². The lowest BCUT2D eigenvalue weighted by atomic mass is 9.98. The van der Waals surface area contributed by atoms with Crippen LogP contribution >= 0.6 is 0 Å². The molecule has 4 rings (SSSR count). The van der Waals surface area contributed by atoms with Crippen molar-refractivity contribution in [2.45, 2.75) is 25.8 Å². The Balaban J connectivity index is 1.78. The number of rotatable bonds is 5. The summed E-state index contributed by atoms with van der Waals surface area (Å²) in [6, 6.07) is 4.13. The van der Waals surface area contributed by atoms with Crippen LogP contribution in [0.2, 0.25) is 0 Å². The number of nitrogens with two attached hydrogens (primary N) is 1. The summed E-state index contributed by atoms with van der Waals surface area (Å²) in [5.74, 6) is -0.503. The van der Waals surface area contributed by atoms with Crippen molar-refractivity contribution in [3.05, 3.63) is 42.0 Å². The van der Waals surface area contributed by atoms with Crippen LogP contribution in [0.3, 0.4) is 0 Å². The van der Waals surface area contributed by atoms with Crippen LogP contribution in [0.4, 0.5) is 4.39 Å². The normalized spacial score (nSPS) is 19.6. The molecule has 2 amide bonds. The summed E-state index contributed by atoms with van der Waals surface area (Å²) < 4.78 is 22.0. The first-order valence-corrected chi connectivity index (χ1v) is 8.79. The number of carbonyl (C=O) groups excluding carboxylic acids is 2. The van der Waals surface area contributed by atoms with E-state index in [9.17, 15) is 14.0 Å². The van der Waals surface area contributed by atoms with Crippen molar-refractivity contribution in [1.82, 2.24) is 14.7 Å². The molecular formula is C19H19FN4O3. The molecule has 3 heterocycles. The van der Waals surface area contributed by atoms with E-state index < -0.39 is 11.7 Å². The fourth-order valence-corrected chi connectivity index (χ4v) is 3.69. The molecule has 2 aromatic heterocycles. The SMILES string of the molecule is CC[C@@H]1CC(=O)N[C@@H]1COc1ccc(F)c2cc(C(N)=O)c3nccn3c12. The molecule has 27 heavy (non-hydrogen) atoms. The van der Waals surface area contributed by atoms with Gasteiger partial charge in [0.15, 0.2) is 0 Å². The summed E-state index contributed by atoms with van der Waals surface area (Å²) >= 11 is 0. The average Bonchev–Trinajstić information content (AvgIpc) is 3.26. The Kier molecular flexibility index (Phi) is 4.18. The quantitative estimate of drug-likeness (QED) is 0.718. The Morgan fingerprint density at radius 1 is 1.48 bits per heavy atom. The van der Waals surface area contributed by atoms with Gasteiger partial charge < -0.3 is 15.8 Å². The van der Waals surface area contributed by atoms with E-state index in [0.717, 1.165) is 6.42 Å². The first-order valence-electron chi connectivity index (χ1n) is 8.79. The summed E-state index contributed by atoms with van der Waals surface area (Å²) in [5, 5.41) is 3.14. The van der Waals surface area contributed by atoms with Crippen LogP contribution < -0.4 is 15.8 Å². The number of hydrogen-bond donors (Lipinski definition) is 2. The Labute approximate surface area is 154 Å². The van der Waals surface area contributed by atoms with Gasteiger partial charge in [0.05, 0.1) is 17.1 Å². The molecule has 2 atom stereocenters. The number of benzene rings is 1. The summed E-state index contributed by atoms with van der Waals surface area (Å²) in [5.41, 5.74) is 6.36. The first-order chi connectivity index (χ1) is 13.0. The molecule has 0 bridgehead atoms. The average molecular weight is 370 g/mol. The molecule has 1 fully saturated rings. The molecular weight excluding hydrogens is 351 g/mol. The second kappa shape index (κ2) is 6.53. The van der Waals surface area contributed by atoms with Crippen molar-refractivity contribution < 1.29 is 18.7 Å². The summed E-state index contributed by atoms with van der Waals surface area (Å²) in [7, 11) is 0. The number of amides is 2. The molecule has 1 aliphatic heterocycles. The maximum absolute atomic E-state index is 14.5. The number of imidazole rings is 1. The van der Waals surface area contributed by atoms with Gasteiger partial charge in [0.2, 0.25) is 5.91 Å². The van der Waals surface area contributed by atoms with E-state index in [2.05, 4.69) is 10.3 Å². The lowest BCUT2D eigenvalue weighted by molar-refractivity contribution is -0.119. The van der Waals surface area contributed by atoms with Gasteiger partial charge in [-0.05, 0) is 24.1 Å². The van der Waals surface area contributed by atoms with Gasteiger partial charge in [0, 0.05) is 24.2 Å². The number of primary amides is 1. The van der Waals surface area contributed by atoms with Gasteiger partial charge in [0.1, 0.15) is 23.8 Å². The Bertz CT molecular complexity index is 1060. The zero-order valence-corrected chi connectivity index (χ0v) is 14.7. The number of hydrogen-bond acceptors (Lipinski definition) is 4. The van der Waals surface area contributed by atoms with Crippen LogP contribution in [0, 0.1) is 11.7 Å². The number of nitrogens with one attached hydrogen (secondary N) is 1. The van der Waals surface area contributed by atoms with Crippen LogP contribution in [0.25, 0.3) is 16.6 Å². The molecule has 8 heteroatoms. The monoisotopic (exact) mass is 370 g/mol. The number of ether oxygens (including phenoxy) is 1. The number of pyridine rings is 1. The second-order valence-electron chi connectivity index (χ2n) is 6.71. The van der Waals surface area contributed by atoms with Crippen LogP contribution in [0.5, 0.6) is 5.75 Å². The summed E-state index contributed by atoms with van der Waals surface area (Å²) in [6.45, 7) is 2.31. The van der Waals surface area contributed by atoms with Gasteiger partial charge in [-0.2, -0.15) is 0 Å². The molecule has 1 saturated heterocycles. The summed E-state index contributed by atoms with van der Waals surface area (Å²) in [4.78, 5) is 27.5. The largest absolute Gasteiger partial charge is 0.489 e. The highest BCUT2D eigenvalue weighted by Gasteiger charge is 2.31. The highest BCUT2D eigenvalue weighted by Crippen LogP contribution is 2.31. The van der Waals surface area contributed by atoms with Gasteiger partial charge in [-0.1, -0.05) is 13.3 Å². The van der Waals surface area contributed by atoms with E-state index in [1.54, 1.807) is 16.7 Å². The van der Waals surface area contributed by atoms with Gasteiger partial charge in [0.25, 0.3) is 5.91 Å². The van der Waals surface area contributed by atoms with Crippen LogP contribution in [-0.4, -0.2) is 33.8 Å². The lowest BCUT2D eigenvalue weighted by Crippen LogP contribution is -2.34. The Morgan fingerprint density at radius 2 is 2.30 bits per heavy atom. The molecule has 3 N–H and O–H groups in total. The molecule has 140 valence electrons. The third-order valence-corrected chi connectivity index (χ3v) is 5.11. The van der Waals surface area contributed by atoms with Crippen molar-refractivity contribution in [2.75, 3.05) is 6.61 Å². The molecule has 0 unspecified atom stereocenters. The van der Waals surface area contributed by atoms with Gasteiger partial charge in [-0.3, -0.25) is 14.0 Å². The van der Waals surface area contributed by atoms with Gasteiger partial charge in [-0.25, -0.2) is 9.37 Å². The van der Waals surface area contributed by atoms with Gasteiger partial charge >= 0.3 is 0 Å². The Morgan fingerprint density at radius 3 is 3.04 bits per heavy atom. The minimum atomic E-state index is -0.682. The van der Waals surface area contributed by atoms with Crippen molar-refractivity contribution in [3.63, 3.8) is 0 Å². The van der Waals surface area contributed by atoms with E-state index in [1.165, 1.54) is 18.3 Å². The van der Waals surface area contributed by atoms with Crippen LogP contribution in [-0.2, 0) is 4.79 Å². The first kappa shape index (κ1) is 17.3. The molecule has 0 radical (unpaired) electrons. The van der Waals surface area contributed by atoms with E-state index in [-0.39, 0.29) is 35.4 Å². The highest BCUT2D eigenvalue weighted by atomic mass is 19.1. The molecule has 0 saturated carbocycles. The minimum Gasteiger partial charge on any atom is -0.489 e. The maximum Gasteiger partial charge on any atom is 0.252 e. The molecule has 0 spiro atoms.